The van der Waals surface area contributed by atoms with Gasteiger partial charge in [0.1, 0.15) is 6.04 Å². The maximum Gasteiger partial charge on any atom is 0.265 e. The highest BCUT2D eigenvalue weighted by atomic mass is 32.1. The Morgan fingerprint density at radius 3 is 2.52 bits per heavy atom. The number of hydrogen-bond acceptors (Lipinski definition) is 6. The molecule has 7 nitrogen and oxygen atoms in total. The van der Waals surface area contributed by atoms with Crippen LogP contribution in [0.3, 0.4) is 0 Å². The molecule has 0 spiro atoms. The molecule has 0 aliphatic heterocycles. The summed E-state index contributed by atoms with van der Waals surface area (Å²) in [6.07, 6.45) is 2.18. The normalized spacial score (nSPS) is 14.6. The fourth-order valence-corrected chi connectivity index (χ4v) is 3.54. The molecule has 2 amide bonds. The number of nitrogens with zero attached hydrogens (tertiary/aromatic N) is 2. The van der Waals surface area contributed by atoms with Gasteiger partial charge in [0.15, 0.2) is 5.82 Å². The minimum absolute atomic E-state index is 0.0933. The third kappa shape index (κ3) is 4.54. The van der Waals surface area contributed by atoms with Crippen LogP contribution in [0.5, 0.6) is 0 Å². The smallest absolute Gasteiger partial charge is 0.265 e. The van der Waals surface area contributed by atoms with Crippen molar-refractivity contribution in [2.24, 2.45) is 5.92 Å². The zero-order chi connectivity index (χ0) is 20.4. The van der Waals surface area contributed by atoms with E-state index >= 15 is 0 Å². The summed E-state index contributed by atoms with van der Waals surface area (Å²) in [5.74, 6) is 1.26. The van der Waals surface area contributed by atoms with Gasteiger partial charge in [-0.25, -0.2) is 0 Å². The Balaban J connectivity index is 1.41. The van der Waals surface area contributed by atoms with Crippen LogP contribution in [0.2, 0.25) is 0 Å². The molecule has 8 heteroatoms. The standard InChI is InChI=1S/C21H22N4O3S/c1-12(2)17(21-24-18(25-28-21)13-5-6-13)23-19(26)14-7-9-15(10-8-14)22-20(27)16-4-3-11-29-16/h3-4,7-13,17H,5-6H2,1-2H3,(H,22,27)(H,23,26). The summed E-state index contributed by atoms with van der Waals surface area (Å²) in [5, 5.41) is 11.7. The predicted octanol–water partition coefficient (Wildman–Crippen LogP) is 4.39. The van der Waals surface area contributed by atoms with Crippen molar-refractivity contribution in [3.8, 4) is 0 Å². The number of hydrogen-bond donors (Lipinski definition) is 2. The van der Waals surface area contributed by atoms with Gasteiger partial charge in [-0.3, -0.25) is 9.59 Å². The van der Waals surface area contributed by atoms with E-state index < -0.39 is 0 Å². The molecule has 1 aromatic carbocycles. The van der Waals surface area contributed by atoms with Gasteiger partial charge >= 0.3 is 0 Å². The molecule has 1 aliphatic rings. The quantitative estimate of drug-likeness (QED) is 0.602. The number of amides is 2. The molecule has 29 heavy (non-hydrogen) atoms. The highest BCUT2D eigenvalue weighted by Crippen LogP contribution is 2.38. The summed E-state index contributed by atoms with van der Waals surface area (Å²) in [5.41, 5.74) is 1.12. The molecule has 2 aromatic heterocycles. The Bertz CT molecular complexity index is 991. The van der Waals surface area contributed by atoms with Gasteiger partial charge in [0.2, 0.25) is 5.89 Å². The Morgan fingerprint density at radius 2 is 1.90 bits per heavy atom. The molecule has 1 saturated carbocycles. The SMILES string of the molecule is CC(C)C(NC(=O)c1ccc(NC(=O)c2cccs2)cc1)c1nc(C2CC2)no1. The van der Waals surface area contributed by atoms with Crippen LogP contribution < -0.4 is 10.6 Å². The van der Waals surface area contributed by atoms with Gasteiger partial charge in [0, 0.05) is 17.2 Å². The van der Waals surface area contributed by atoms with Gasteiger partial charge in [-0.2, -0.15) is 4.98 Å². The number of thiophene rings is 1. The highest BCUT2D eigenvalue weighted by Gasteiger charge is 2.31. The van der Waals surface area contributed by atoms with Crippen LogP contribution >= 0.6 is 11.3 Å². The summed E-state index contributed by atoms with van der Waals surface area (Å²) in [7, 11) is 0. The second kappa shape index (κ2) is 8.16. The van der Waals surface area contributed by atoms with E-state index in [-0.39, 0.29) is 23.8 Å². The van der Waals surface area contributed by atoms with E-state index in [4.69, 9.17) is 4.52 Å². The van der Waals surface area contributed by atoms with E-state index in [1.807, 2.05) is 25.3 Å². The number of rotatable bonds is 7. The lowest BCUT2D eigenvalue weighted by Gasteiger charge is -2.18. The molecule has 4 rings (SSSR count). The van der Waals surface area contributed by atoms with Crippen LogP contribution in [0.15, 0.2) is 46.3 Å². The van der Waals surface area contributed by atoms with Crippen LogP contribution in [-0.2, 0) is 0 Å². The van der Waals surface area contributed by atoms with Crippen molar-refractivity contribution < 1.29 is 14.1 Å². The van der Waals surface area contributed by atoms with Crippen molar-refractivity contribution in [3.63, 3.8) is 0 Å². The van der Waals surface area contributed by atoms with Crippen LogP contribution in [0, 0.1) is 5.92 Å². The van der Waals surface area contributed by atoms with Gasteiger partial charge in [-0.1, -0.05) is 25.1 Å². The molecule has 0 saturated heterocycles. The monoisotopic (exact) mass is 410 g/mol. The molecule has 0 bridgehead atoms. The Labute approximate surface area is 172 Å². The average Bonchev–Trinajstić information content (AvgIpc) is 3.20. The Morgan fingerprint density at radius 1 is 1.14 bits per heavy atom. The highest BCUT2D eigenvalue weighted by molar-refractivity contribution is 7.12. The lowest BCUT2D eigenvalue weighted by atomic mass is 10.0. The minimum atomic E-state index is -0.360. The second-order valence-electron chi connectivity index (χ2n) is 7.47. The number of anilines is 1. The molecule has 2 N–H and O–H groups in total. The maximum absolute atomic E-state index is 12.7. The van der Waals surface area contributed by atoms with Crippen molar-refractivity contribution >= 4 is 28.8 Å². The van der Waals surface area contributed by atoms with Crippen molar-refractivity contribution in [3.05, 3.63) is 63.9 Å². The summed E-state index contributed by atoms with van der Waals surface area (Å²) in [4.78, 5) is 30.0. The first-order valence-electron chi connectivity index (χ1n) is 9.60. The van der Waals surface area contributed by atoms with Gasteiger partial charge in [-0.05, 0) is 54.5 Å². The zero-order valence-electron chi connectivity index (χ0n) is 16.2. The van der Waals surface area contributed by atoms with Gasteiger partial charge in [0.05, 0.1) is 4.88 Å². The fourth-order valence-electron chi connectivity index (χ4n) is 2.92. The minimum Gasteiger partial charge on any atom is -0.340 e. The molecular weight excluding hydrogens is 388 g/mol. The molecule has 1 unspecified atom stereocenters. The molecule has 0 radical (unpaired) electrons. The van der Waals surface area contributed by atoms with Gasteiger partial charge in [-0.15, -0.1) is 11.3 Å². The topological polar surface area (TPSA) is 97.1 Å². The van der Waals surface area contributed by atoms with Crippen LogP contribution in [0.25, 0.3) is 0 Å². The molecular formula is C21H22N4O3S. The summed E-state index contributed by atoms with van der Waals surface area (Å²) in [6, 6.07) is 10.0. The lowest BCUT2D eigenvalue weighted by Crippen LogP contribution is -2.32. The maximum atomic E-state index is 12.7. The Kier molecular flexibility index (Phi) is 5.44. The van der Waals surface area contributed by atoms with Crippen molar-refractivity contribution in [1.82, 2.24) is 15.5 Å². The van der Waals surface area contributed by atoms with E-state index in [0.29, 0.717) is 27.9 Å². The van der Waals surface area contributed by atoms with Crippen molar-refractivity contribution in [2.45, 2.75) is 38.6 Å². The zero-order valence-corrected chi connectivity index (χ0v) is 17.0. The number of nitrogens with one attached hydrogen (secondary N) is 2. The third-order valence-corrected chi connectivity index (χ3v) is 5.64. The number of aromatic nitrogens is 2. The summed E-state index contributed by atoms with van der Waals surface area (Å²) >= 11 is 1.38. The Hall–Kier alpha value is -3.00. The molecule has 3 aromatic rings. The number of benzene rings is 1. The van der Waals surface area contributed by atoms with Crippen molar-refractivity contribution in [1.29, 1.82) is 0 Å². The fraction of sp³-hybridized carbons (Fsp3) is 0.333. The summed E-state index contributed by atoms with van der Waals surface area (Å²) in [6.45, 7) is 3.99. The largest absolute Gasteiger partial charge is 0.340 e. The van der Waals surface area contributed by atoms with Gasteiger partial charge in [0.25, 0.3) is 11.8 Å². The van der Waals surface area contributed by atoms with E-state index in [1.54, 1.807) is 30.3 Å². The van der Waals surface area contributed by atoms with Crippen LogP contribution in [0.4, 0.5) is 5.69 Å². The van der Waals surface area contributed by atoms with Crippen LogP contribution in [0.1, 0.15) is 70.4 Å². The number of carbonyl (C=O) groups is 2. The van der Waals surface area contributed by atoms with E-state index in [2.05, 4.69) is 20.8 Å². The molecule has 1 aliphatic carbocycles. The lowest BCUT2D eigenvalue weighted by molar-refractivity contribution is 0.0913. The van der Waals surface area contributed by atoms with Gasteiger partial charge < -0.3 is 15.2 Å². The third-order valence-electron chi connectivity index (χ3n) is 4.77. The second-order valence-corrected chi connectivity index (χ2v) is 8.42. The van der Waals surface area contributed by atoms with Crippen LogP contribution in [-0.4, -0.2) is 22.0 Å². The molecule has 150 valence electrons. The number of carbonyl (C=O) groups excluding carboxylic acids is 2. The first-order valence-corrected chi connectivity index (χ1v) is 10.5. The van der Waals surface area contributed by atoms with E-state index in [0.717, 1.165) is 18.7 Å². The molecule has 1 fully saturated rings. The average molecular weight is 410 g/mol. The summed E-state index contributed by atoms with van der Waals surface area (Å²) < 4.78 is 5.40. The molecule has 2 heterocycles. The first-order chi connectivity index (χ1) is 14.0. The van der Waals surface area contributed by atoms with Crippen molar-refractivity contribution in [2.75, 3.05) is 5.32 Å². The predicted molar refractivity (Wildman–Crippen MR) is 110 cm³/mol. The van der Waals surface area contributed by atoms with E-state index in [9.17, 15) is 9.59 Å². The first kappa shape index (κ1) is 19.3. The van der Waals surface area contributed by atoms with E-state index in [1.165, 1.54) is 11.3 Å². The molecule has 1 atom stereocenters.